The molecule has 3 aromatic rings. The van der Waals surface area contributed by atoms with Crippen LogP contribution in [0.1, 0.15) is 16.2 Å². The highest BCUT2D eigenvalue weighted by Gasteiger charge is 2.25. The maximum absolute atomic E-state index is 11.7. The molecule has 0 fully saturated rings. The summed E-state index contributed by atoms with van der Waals surface area (Å²) in [5.41, 5.74) is 1.39. The van der Waals surface area contributed by atoms with Gasteiger partial charge in [0.05, 0.1) is 20.7 Å². The molecule has 0 amide bonds. The van der Waals surface area contributed by atoms with Gasteiger partial charge in [0.2, 0.25) is 0 Å². The number of imidazole rings is 1. The molecular formula is C14H8Cl3N3O2S. The first kappa shape index (κ1) is 16.3. The summed E-state index contributed by atoms with van der Waals surface area (Å²) >= 11 is 19.3. The lowest BCUT2D eigenvalue weighted by Crippen LogP contribution is -2.08. The van der Waals surface area contributed by atoms with Crippen LogP contribution in [-0.2, 0) is 0 Å². The Morgan fingerprint density at radius 2 is 2.00 bits per heavy atom. The summed E-state index contributed by atoms with van der Waals surface area (Å²) in [7, 11) is 0. The zero-order chi connectivity index (χ0) is 16.7. The SMILES string of the molecule is Cc1nc(-c2cncc(Cl)c2)n(-c2cc(Cl)sc2Cl)c1C(=O)O. The maximum Gasteiger partial charge on any atom is 0.354 e. The van der Waals surface area contributed by atoms with E-state index in [1.54, 1.807) is 25.3 Å². The molecule has 23 heavy (non-hydrogen) atoms. The van der Waals surface area contributed by atoms with Gasteiger partial charge in [0.1, 0.15) is 10.2 Å². The lowest BCUT2D eigenvalue weighted by molar-refractivity contribution is 0.0687. The topological polar surface area (TPSA) is 68.0 Å². The number of hydrogen-bond donors (Lipinski definition) is 1. The van der Waals surface area contributed by atoms with Gasteiger partial charge in [-0.15, -0.1) is 11.3 Å². The van der Waals surface area contributed by atoms with Gasteiger partial charge in [-0.1, -0.05) is 34.8 Å². The van der Waals surface area contributed by atoms with Gasteiger partial charge in [-0.2, -0.15) is 0 Å². The molecule has 0 bridgehead atoms. The van der Waals surface area contributed by atoms with Crippen molar-refractivity contribution in [2.45, 2.75) is 6.92 Å². The fourth-order valence-electron chi connectivity index (χ4n) is 2.23. The third kappa shape index (κ3) is 2.95. The number of thiophene rings is 1. The van der Waals surface area contributed by atoms with Gasteiger partial charge in [0, 0.05) is 18.0 Å². The number of hydrogen-bond acceptors (Lipinski definition) is 4. The number of rotatable bonds is 3. The average molecular weight is 389 g/mol. The van der Waals surface area contributed by atoms with E-state index in [1.165, 1.54) is 10.8 Å². The number of aryl methyl sites for hydroxylation is 1. The Bertz CT molecular complexity index is 920. The van der Waals surface area contributed by atoms with Crippen LogP contribution in [0, 0.1) is 6.92 Å². The van der Waals surface area contributed by atoms with Crippen molar-refractivity contribution in [1.82, 2.24) is 14.5 Å². The molecule has 3 heterocycles. The van der Waals surface area contributed by atoms with Crippen LogP contribution in [0.15, 0.2) is 24.5 Å². The molecule has 0 spiro atoms. The molecule has 0 saturated heterocycles. The van der Waals surface area contributed by atoms with E-state index in [2.05, 4.69) is 9.97 Å². The second-order valence-corrected chi connectivity index (χ2v) is 7.33. The number of pyridine rings is 1. The van der Waals surface area contributed by atoms with E-state index in [9.17, 15) is 9.90 Å². The van der Waals surface area contributed by atoms with Crippen molar-refractivity contribution in [3.05, 3.63) is 49.6 Å². The van der Waals surface area contributed by atoms with E-state index in [-0.39, 0.29) is 5.69 Å². The van der Waals surface area contributed by atoms with Crippen molar-refractivity contribution in [3.63, 3.8) is 0 Å². The highest BCUT2D eigenvalue weighted by Crippen LogP contribution is 2.37. The van der Waals surface area contributed by atoms with Crippen molar-refractivity contribution < 1.29 is 9.90 Å². The van der Waals surface area contributed by atoms with E-state index < -0.39 is 5.97 Å². The summed E-state index contributed by atoms with van der Waals surface area (Å²) in [6.45, 7) is 1.61. The van der Waals surface area contributed by atoms with E-state index in [0.29, 0.717) is 36.5 Å². The molecule has 1 N–H and O–H groups in total. The number of aromatic nitrogens is 3. The first-order valence-corrected chi connectivity index (χ1v) is 8.22. The van der Waals surface area contributed by atoms with E-state index in [1.807, 2.05) is 0 Å². The van der Waals surface area contributed by atoms with Crippen molar-refractivity contribution in [1.29, 1.82) is 0 Å². The normalized spacial score (nSPS) is 11.0. The van der Waals surface area contributed by atoms with Crippen molar-refractivity contribution in [3.8, 4) is 17.1 Å². The zero-order valence-corrected chi connectivity index (χ0v) is 14.6. The first-order chi connectivity index (χ1) is 10.9. The number of nitrogens with zero attached hydrogens (tertiary/aromatic N) is 3. The molecule has 9 heteroatoms. The molecule has 0 aromatic carbocycles. The molecular weight excluding hydrogens is 381 g/mol. The van der Waals surface area contributed by atoms with Gasteiger partial charge < -0.3 is 5.11 Å². The summed E-state index contributed by atoms with van der Waals surface area (Å²) in [4.78, 5) is 20.0. The number of carboxylic acid groups (broad SMARTS) is 1. The minimum absolute atomic E-state index is 0.0105. The molecule has 0 atom stereocenters. The van der Waals surface area contributed by atoms with Gasteiger partial charge in [-0.05, 0) is 19.1 Å². The first-order valence-electron chi connectivity index (χ1n) is 6.27. The van der Waals surface area contributed by atoms with Gasteiger partial charge in [0.15, 0.2) is 5.69 Å². The number of halogens is 3. The predicted molar refractivity (Wildman–Crippen MR) is 91.4 cm³/mol. The second kappa shape index (κ2) is 6.13. The highest BCUT2D eigenvalue weighted by molar-refractivity contribution is 7.20. The number of aromatic carboxylic acids is 1. The minimum Gasteiger partial charge on any atom is -0.477 e. The second-order valence-electron chi connectivity index (χ2n) is 4.61. The van der Waals surface area contributed by atoms with Gasteiger partial charge in [-0.25, -0.2) is 9.78 Å². The van der Waals surface area contributed by atoms with Gasteiger partial charge in [0.25, 0.3) is 0 Å². The van der Waals surface area contributed by atoms with Gasteiger partial charge >= 0.3 is 5.97 Å². The largest absolute Gasteiger partial charge is 0.477 e. The van der Waals surface area contributed by atoms with E-state index in [0.717, 1.165) is 11.3 Å². The molecule has 0 aliphatic carbocycles. The highest BCUT2D eigenvalue weighted by atomic mass is 35.5. The lowest BCUT2D eigenvalue weighted by atomic mass is 10.2. The van der Waals surface area contributed by atoms with Crippen LogP contribution in [0.5, 0.6) is 0 Å². The molecule has 0 aliphatic rings. The maximum atomic E-state index is 11.7. The monoisotopic (exact) mass is 387 g/mol. The Morgan fingerprint density at radius 1 is 1.26 bits per heavy atom. The minimum atomic E-state index is -1.12. The zero-order valence-electron chi connectivity index (χ0n) is 11.5. The standard InChI is InChI=1S/C14H8Cl3N3O2S/c1-6-11(14(21)22)20(9-3-10(16)23-12(9)17)13(19-6)7-2-8(15)5-18-4-7/h2-5H,1H3,(H,21,22). The van der Waals surface area contributed by atoms with Crippen LogP contribution in [0.2, 0.25) is 13.7 Å². The smallest absolute Gasteiger partial charge is 0.354 e. The molecule has 3 rings (SSSR count). The van der Waals surface area contributed by atoms with Crippen LogP contribution in [0.25, 0.3) is 17.1 Å². The number of carboxylic acids is 1. The summed E-state index contributed by atoms with van der Waals surface area (Å²) in [6, 6.07) is 3.25. The summed E-state index contributed by atoms with van der Waals surface area (Å²) < 4.78 is 2.27. The van der Waals surface area contributed by atoms with Crippen LogP contribution in [-0.4, -0.2) is 25.6 Å². The molecule has 0 saturated carbocycles. The molecule has 5 nitrogen and oxygen atoms in total. The van der Waals surface area contributed by atoms with Crippen LogP contribution in [0.4, 0.5) is 0 Å². The number of carbonyl (C=O) groups is 1. The third-order valence-electron chi connectivity index (χ3n) is 3.10. The Hall–Kier alpha value is -1.60. The summed E-state index contributed by atoms with van der Waals surface area (Å²) in [6.07, 6.45) is 3.04. The van der Waals surface area contributed by atoms with Crippen molar-refractivity contribution >= 4 is 52.1 Å². The third-order valence-corrected chi connectivity index (χ3v) is 4.77. The Balaban J connectivity index is 2.35. The fourth-order valence-corrected chi connectivity index (χ4v) is 3.84. The lowest BCUT2D eigenvalue weighted by Gasteiger charge is -2.09. The molecule has 118 valence electrons. The quantitative estimate of drug-likeness (QED) is 0.688. The Kier molecular flexibility index (Phi) is 4.33. The summed E-state index contributed by atoms with van der Waals surface area (Å²) in [5, 5.41) is 9.96. The average Bonchev–Trinajstić information content (AvgIpc) is 2.98. The van der Waals surface area contributed by atoms with Crippen molar-refractivity contribution in [2.24, 2.45) is 0 Å². The molecule has 0 radical (unpaired) electrons. The van der Waals surface area contributed by atoms with Crippen LogP contribution < -0.4 is 0 Å². The summed E-state index contributed by atoms with van der Waals surface area (Å²) in [5.74, 6) is -0.735. The molecule has 3 aromatic heterocycles. The van der Waals surface area contributed by atoms with E-state index in [4.69, 9.17) is 34.8 Å². The Labute approximate surface area is 150 Å². The Morgan fingerprint density at radius 3 is 2.57 bits per heavy atom. The molecule has 0 unspecified atom stereocenters. The van der Waals surface area contributed by atoms with Gasteiger partial charge in [-0.3, -0.25) is 9.55 Å². The van der Waals surface area contributed by atoms with E-state index >= 15 is 0 Å². The van der Waals surface area contributed by atoms with Crippen LogP contribution in [0.3, 0.4) is 0 Å². The van der Waals surface area contributed by atoms with Crippen molar-refractivity contribution in [2.75, 3.05) is 0 Å². The van der Waals surface area contributed by atoms with Crippen LogP contribution >= 0.6 is 46.1 Å². The fraction of sp³-hybridized carbons (Fsp3) is 0.0714. The predicted octanol–water partition coefficient (Wildman–Crippen LogP) is 4.96. The molecule has 0 aliphatic heterocycles.